The molecular formula is C19H24N2O5S. The van der Waals surface area contributed by atoms with Gasteiger partial charge >= 0.3 is 0 Å². The molecule has 0 aliphatic rings. The van der Waals surface area contributed by atoms with Crippen LogP contribution in [0.15, 0.2) is 41.3 Å². The van der Waals surface area contributed by atoms with Gasteiger partial charge in [0.05, 0.1) is 24.8 Å². The Morgan fingerprint density at radius 2 is 1.70 bits per heavy atom. The van der Waals surface area contributed by atoms with E-state index in [1.165, 1.54) is 43.6 Å². The molecule has 0 aliphatic heterocycles. The molecule has 27 heavy (non-hydrogen) atoms. The van der Waals surface area contributed by atoms with Crippen LogP contribution < -0.4 is 14.8 Å². The standard InChI is InChI=1S/C19H24N2O5S/c1-13-6-8-18(25-4)15(10-13)12-21(3)27(23,24)16-7-9-19(26-5)17(11-16)20-14(2)22/h6-11H,12H2,1-5H3,(H,20,22). The van der Waals surface area contributed by atoms with Gasteiger partial charge in [-0.1, -0.05) is 17.7 Å². The van der Waals surface area contributed by atoms with Crippen LogP contribution in [0.1, 0.15) is 18.1 Å². The van der Waals surface area contributed by atoms with Crippen molar-refractivity contribution in [3.05, 3.63) is 47.5 Å². The average molecular weight is 392 g/mol. The fourth-order valence-electron chi connectivity index (χ4n) is 2.67. The van der Waals surface area contributed by atoms with Gasteiger partial charge in [0, 0.05) is 26.1 Å². The lowest BCUT2D eigenvalue weighted by atomic mass is 10.1. The van der Waals surface area contributed by atoms with Crippen molar-refractivity contribution in [2.24, 2.45) is 0 Å². The minimum atomic E-state index is -3.79. The van der Waals surface area contributed by atoms with Gasteiger partial charge in [-0.25, -0.2) is 8.42 Å². The first-order valence-corrected chi connectivity index (χ1v) is 9.68. The van der Waals surface area contributed by atoms with Gasteiger partial charge in [0.15, 0.2) is 0 Å². The molecule has 0 aromatic heterocycles. The van der Waals surface area contributed by atoms with E-state index in [0.717, 1.165) is 11.1 Å². The molecule has 0 fully saturated rings. The van der Waals surface area contributed by atoms with E-state index in [2.05, 4.69) is 5.32 Å². The van der Waals surface area contributed by atoms with E-state index in [4.69, 9.17) is 9.47 Å². The number of amides is 1. The fourth-order valence-corrected chi connectivity index (χ4v) is 3.85. The van der Waals surface area contributed by atoms with E-state index in [0.29, 0.717) is 17.2 Å². The number of hydrogen-bond acceptors (Lipinski definition) is 5. The van der Waals surface area contributed by atoms with Crippen LogP contribution in [0, 0.1) is 6.92 Å². The fraction of sp³-hybridized carbons (Fsp3) is 0.316. The van der Waals surface area contributed by atoms with Gasteiger partial charge in [-0.05, 0) is 31.2 Å². The summed E-state index contributed by atoms with van der Waals surface area (Å²) in [6.45, 7) is 3.42. The zero-order valence-corrected chi connectivity index (χ0v) is 16.9. The lowest BCUT2D eigenvalue weighted by molar-refractivity contribution is -0.114. The molecule has 0 saturated heterocycles. The number of carbonyl (C=O) groups excluding carboxylic acids is 1. The van der Waals surface area contributed by atoms with Crippen molar-refractivity contribution >= 4 is 21.6 Å². The number of nitrogens with zero attached hydrogens (tertiary/aromatic N) is 1. The molecule has 0 bridgehead atoms. The number of carbonyl (C=O) groups is 1. The van der Waals surface area contributed by atoms with E-state index in [9.17, 15) is 13.2 Å². The van der Waals surface area contributed by atoms with Crippen LogP contribution in [0.4, 0.5) is 5.69 Å². The number of aryl methyl sites for hydroxylation is 1. The van der Waals surface area contributed by atoms with Crippen LogP contribution in [0.25, 0.3) is 0 Å². The van der Waals surface area contributed by atoms with Gasteiger partial charge in [0.2, 0.25) is 15.9 Å². The monoisotopic (exact) mass is 392 g/mol. The van der Waals surface area contributed by atoms with Crippen molar-refractivity contribution in [2.75, 3.05) is 26.6 Å². The summed E-state index contributed by atoms with van der Waals surface area (Å²) in [6.07, 6.45) is 0. The van der Waals surface area contributed by atoms with Crippen LogP contribution in [0.2, 0.25) is 0 Å². The minimum Gasteiger partial charge on any atom is -0.496 e. The highest BCUT2D eigenvalue weighted by atomic mass is 32.2. The number of ether oxygens (including phenoxy) is 2. The van der Waals surface area contributed by atoms with E-state index < -0.39 is 10.0 Å². The van der Waals surface area contributed by atoms with Crippen molar-refractivity contribution in [1.82, 2.24) is 4.31 Å². The van der Waals surface area contributed by atoms with E-state index in [-0.39, 0.29) is 17.3 Å². The molecule has 2 aromatic carbocycles. The van der Waals surface area contributed by atoms with Crippen LogP contribution in [-0.4, -0.2) is 39.9 Å². The first-order chi connectivity index (χ1) is 12.7. The van der Waals surface area contributed by atoms with Crippen molar-refractivity contribution in [3.8, 4) is 11.5 Å². The van der Waals surface area contributed by atoms with Gasteiger partial charge < -0.3 is 14.8 Å². The third-order valence-electron chi connectivity index (χ3n) is 4.02. The SMILES string of the molecule is COc1ccc(C)cc1CN(C)S(=O)(=O)c1ccc(OC)c(NC(C)=O)c1. The second-order valence-electron chi connectivity index (χ2n) is 6.12. The topological polar surface area (TPSA) is 84.9 Å². The number of anilines is 1. The van der Waals surface area contributed by atoms with Crippen molar-refractivity contribution in [2.45, 2.75) is 25.3 Å². The van der Waals surface area contributed by atoms with Gasteiger partial charge in [-0.15, -0.1) is 0 Å². The molecule has 2 rings (SSSR count). The summed E-state index contributed by atoms with van der Waals surface area (Å²) in [7, 11) is 0.709. The molecule has 0 saturated carbocycles. The summed E-state index contributed by atoms with van der Waals surface area (Å²) in [4.78, 5) is 11.4. The predicted octanol–water partition coefficient (Wildman–Crippen LogP) is 2.79. The zero-order chi connectivity index (χ0) is 20.2. The Kier molecular flexibility index (Phi) is 6.45. The van der Waals surface area contributed by atoms with E-state index >= 15 is 0 Å². The maximum Gasteiger partial charge on any atom is 0.243 e. The summed E-state index contributed by atoms with van der Waals surface area (Å²) in [5, 5.41) is 2.58. The second kappa shape index (κ2) is 8.41. The van der Waals surface area contributed by atoms with Crippen molar-refractivity contribution in [1.29, 1.82) is 0 Å². The summed E-state index contributed by atoms with van der Waals surface area (Å²) in [5.41, 5.74) is 2.07. The van der Waals surface area contributed by atoms with Crippen LogP contribution >= 0.6 is 0 Å². The predicted molar refractivity (Wildman–Crippen MR) is 104 cm³/mol. The number of sulfonamides is 1. The summed E-state index contributed by atoms with van der Waals surface area (Å²) in [6, 6.07) is 9.96. The molecule has 0 spiro atoms. The number of hydrogen-bond donors (Lipinski definition) is 1. The Bertz CT molecular complexity index is 941. The van der Waals surface area contributed by atoms with Crippen molar-refractivity contribution < 1.29 is 22.7 Å². The van der Waals surface area contributed by atoms with Crippen LogP contribution in [0.5, 0.6) is 11.5 Å². The molecule has 0 atom stereocenters. The van der Waals surface area contributed by atoms with Gasteiger partial charge in [-0.3, -0.25) is 4.79 Å². The molecule has 8 heteroatoms. The molecule has 2 aromatic rings. The number of methoxy groups -OCH3 is 2. The minimum absolute atomic E-state index is 0.0566. The Morgan fingerprint density at radius 1 is 1.07 bits per heavy atom. The Labute approximate surface area is 160 Å². The summed E-state index contributed by atoms with van der Waals surface area (Å²) in [5.74, 6) is 0.684. The highest BCUT2D eigenvalue weighted by Crippen LogP contribution is 2.30. The molecule has 1 amide bonds. The van der Waals surface area contributed by atoms with Gasteiger partial charge in [0.25, 0.3) is 0 Å². The van der Waals surface area contributed by atoms with E-state index in [1.54, 1.807) is 7.11 Å². The highest BCUT2D eigenvalue weighted by molar-refractivity contribution is 7.89. The molecule has 146 valence electrons. The summed E-state index contributed by atoms with van der Waals surface area (Å²) >= 11 is 0. The maximum absolute atomic E-state index is 13.0. The molecular weight excluding hydrogens is 368 g/mol. The molecule has 1 N–H and O–H groups in total. The highest BCUT2D eigenvalue weighted by Gasteiger charge is 2.23. The average Bonchev–Trinajstić information content (AvgIpc) is 2.61. The third kappa shape index (κ3) is 4.78. The number of benzene rings is 2. The van der Waals surface area contributed by atoms with Crippen LogP contribution in [-0.2, 0) is 21.4 Å². The maximum atomic E-state index is 13.0. The van der Waals surface area contributed by atoms with Crippen molar-refractivity contribution in [3.63, 3.8) is 0 Å². The van der Waals surface area contributed by atoms with E-state index in [1.807, 2.05) is 25.1 Å². The molecule has 7 nitrogen and oxygen atoms in total. The Hall–Kier alpha value is -2.58. The largest absolute Gasteiger partial charge is 0.496 e. The summed E-state index contributed by atoms with van der Waals surface area (Å²) < 4.78 is 37.7. The van der Waals surface area contributed by atoms with Crippen LogP contribution in [0.3, 0.4) is 0 Å². The number of nitrogens with one attached hydrogen (secondary N) is 1. The first-order valence-electron chi connectivity index (χ1n) is 8.24. The Morgan fingerprint density at radius 3 is 2.30 bits per heavy atom. The number of rotatable bonds is 7. The van der Waals surface area contributed by atoms with Gasteiger partial charge in [-0.2, -0.15) is 4.31 Å². The smallest absolute Gasteiger partial charge is 0.243 e. The zero-order valence-electron chi connectivity index (χ0n) is 16.1. The normalized spacial score (nSPS) is 11.3. The lowest BCUT2D eigenvalue weighted by Gasteiger charge is -2.20. The molecule has 0 radical (unpaired) electrons. The quantitative estimate of drug-likeness (QED) is 0.783. The second-order valence-corrected chi connectivity index (χ2v) is 8.16. The molecule has 0 unspecified atom stereocenters. The molecule has 0 heterocycles. The Balaban J connectivity index is 2.37. The van der Waals surface area contributed by atoms with Gasteiger partial charge in [0.1, 0.15) is 11.5 Å². The first kappa shape index (κ1) is 20.7. The lowest BCUT2D eigenvalue weighted by Crippen LogP contribution is -2.27. The third-order valence-corrected chi connectivity index (χ3v) is 5.82. The molecule has 0 aliphatic carbocycles.